The van der Waals surface area contributed by atoms with Crippen molar-refractivity contribution < 1.29 is 0 Å². The Bertz CT molecular complexity index is 238. The first kappa shape index (κ1) is 8.05. The first-order valence-electron chi connectivity index (χ1n) is 5.75. The Balaban J connectivity index is 1.82. The average molecular weight is 177 g/mol. The second-order valence-corrected chi connectivity index (χ2v) is 5.33. The first-order chi connectivity index (χ1) is 6.28. The fraction of sp³-hybridized carbons (Fsp3) is 0.833. The Kier molecular flexibility index (Phi) is 1.61. The van der Waals surface area contributed by atoms with E-state index in [1.807, 2.05) is 0 Å². The molecule has 0 aliphatic heterocycles. The van der Waals surface area contributed by atoms with Gasteiger partial charge in [-0.05, 0) is 43.4 Å². The van der Waals surface area contributed by atoms with Gasteiger partial charge in [0.2, 0.25) is 0 Å². The van der Waals surface area contributed by atoms with Crippen LogP contribution in [0.5, 0.6) is 0 Å². The molecule has 72 valence electrons. The van der Waals surface area contributed by atoms with Crippen LogP contribution in [-0.4, -0.2) is 5.54 Å². The van der Waals surface area contributed by atoms with E-state index in [0.717, 1.165) is 17.8 Å². The van der Waals surface area contributed by atoms with Gasteiger partial charge in [0.1, 0.15) is 0 Å². The molecule has 13 heavy (non-hydrogen) atoms. The number of rotatable bonds is 1. The molecule has 0 radical (unpaired) electrons. The highest BCUT2D eigenvalue weighted by Gasteiger charge is 2.47. The van der Waals surface area contributed by atoms with Crippen molar-refractivity contribution >= 4 is 0 Å². The number of allylic oxidation sites excluding steroid dienone is 2. The van der Waals surface area contributed by atoms with E-state index in [2.05, 4.69) is 12.2 Å². The molecule has 0 saturated heterocycles. The van der Waals surface area contributed by atoms with Gasteiger partial charge >= 0.3 is 0 Å². The molecule has 0 amide bonds. The summed E-state index contributed by atoms with van der Waals surface area (Å²) in [4.78, 5) is 0. The lowest BCUT2D eigenvalue weighted by Crippen LogP contribution is -2.46. The highest BCUT2D eigenvalue weighted by molar-refractivity contribution is 5.15. The molecule has 0 aromatic heterocycles. The summed E-state index contributed by atoms with van der Waals surface area (Å²) in [6.07, 6.45) is 13.0. The van der Waals surface area contributed by atoms with Crippen LogP contribution in [0.4, 0.5) is 0 Å². The van der Waals surface area contributed by atoms with Gasteiger partial charge in [-0.1, -0.05) is 25.0 Å². The van der Waals surface area contributed by atoms with Crippen molar-refractivity contribution in [1.82, 2.24) is 0 Å². The van der Waals surface area contributed by atoms with E-state index in [9.17, 15) is 0 Å². The van der Waals surface area contributed by atoms with Crippen molar-refractivity contribution in [1.29, 1.82) is 0 Å². The first-order valence-corrected chi connectivity index (χ1v) is 5.75. The minimum Gasteiger partial charge on any atom is -0.325 e. The molecule has 0 aromatic rings. The second kappa shape index (κ2) is 2.60. The van der Waals surface area contributed by atoms with Crippen LogP contribution in [0.25, 0.3) is 0 Å². The van der Waals surface area contributed by atoms with Gasteiger partial charge in [0.15, 0.2) is 0 Å². The second-order valence-electron chi connectivity index (χ2n) is 5.33. The summed E-state index contributed by atoms with van der Waals surface area (Å²) in [5, 5.41) is 0. The Morgan fingerprint density at radius 1 is 1.08 bits per heavy atom. The van der Waals surface area contributed by atoms with Gasteiger partial charge in [0.05, 0.1) is 0 Å². The Labute approximate surface area is 80.4 Å². The topological polar surface area (TPSA) is 26.0 Å². The third-order valence-corrected chi connectivity index (χ3v) is 4.55. The maximum absolute atomic E-state index is 6.52. The van der Waals surface area contributed by atoms with Gasteiger partial charge in [0.25, 0.3) is 0 Å². The molecule has 2 fully saturated rings. The van der Waals surface area contributed by atoms with E-state index >= 15 is 0 Å². The van der Waals surface area contributed by atoms with Crippen LogP contribution >= 0.6 is 0 Å². The molecular weight excluding hydrogens is 158 g/mol. The molecule has 0 spiro atoms. The van der Waals surface area contributed by atoms with Crippen LogP contribution in [0.1, 0.15) is 38.5 Å². The van der Waals surface area contributed by atoms with Crippen LogP contribution in [0.3, 0.4) is 0 Å². The molecule has 0 aromatic carbocycles. The fourth-order valence-electron chi connectivity index (χ4n) is 3.85. The summed E-state index contributed by atoms with van der Waals surface area (Å²) in [7, 11) is 0. The SMILES string of the molecule is NC1(C2CC3C=CC2C3)CCCC1. The van der Waals surface area contributed by atoms with Gasteiger partial charge in [-0.15, -0.1) is 0 Å². The standard InChI is InChI=1S/C12H19N/c13-12(5-1-2-6-12)11-8-9-3-4-10(11)7-9/h3-4,9-11H,1-2,5-8,13H2. The minimum absolute atomic E-state index is 0.226. The van der Waals surface area contributed by atoms with Crippen molar-refractivity contribution in [3.05, 3.63) is 12.2 Å². The maximum Gasteiger partial charge on any atom is 0.0188 e. The summed E-state index contributed by atoms with van der Waals surface area (Å²) in [6.45, 7) is 0. The zero-order chi connectivity index (χ0) is 8.89. The van der Waals surface area contributed by atoms with E-state index in [4.69, 9.17) is 5.73 Å². The third-order valence-electron chi connectivity index (χ3n) is 4.55. The van der Waals surface area contributed by atoms with Crippen molar-refractivity contribution in [3.63, 3.8) is 0 Å². The number of fused-ring (bicyclic) bond motifs is 2. The molecule has 0 heterocycles. The Morgan fingerprint density at radius 2 is 1.85 bits per heavy atom. The van der Waals surface area contributed by atoms with Crippen LogP contribution < -0.4 is 5.73 Å². The molecule has 2 N–H and O–H groups in total. The van der Waals surface area contributed by atoms with E-state index in [1.165, 1.54) is 38.5 Å². The van der Waals surface area contributed by atoms with Gasteiger partial charge in [0, 0.05) is 5.54 Å². The number of nitrogens with two attached hydrogens (primary N) is 1. The van der Waals surface area contributed by atoms with Gasteiger partial charge in [-0.2, -0.15) is 0 Å². The van der Waals surface area contributed by atoms with Gasteiger partial charge in [-0.3, -0.25) is 0 Å². The summed E-state index contributed by atoms with van der Waals surface area (Å²) in [5.41, 5.74) is 6.74. The molecule has 3 unspecified atom stereocenters. The summed E-state index contributed by atoms with van der Waals surface area (Å²) in [5.74, 6) is 2.55. The van der Waals surface area contributed by atoms with Crippen molar-refractivity contribution in [2.45, 2.75) is 44.1 Å². The normalized spacial score (nSPS) is 46.1. The summed E-state index contributed by atoms with van der Waals surface area (Å²) < 4.78 is 0. The van der Waals surface area contributed by atoms with Crippen LogP contribution in [-0.2, 0) is 0 Å². The highest BCUT2D eigenvalue weighted by Crippen LogP contribution is 2.51. The molecule has 2 bridgehead atoms. The predicted octanol–water partition coefficient (Wildman–Crippen LogP) is 2.47. The predicted molar refractivity (Wildman–Crippen MR) is 54.2 cm³/mol. The molecule has 2 saturated carbocycles. The monoisotopic (exact) mass is 177 g/mol. The quantitative estimate of drug-likeness (QED) is 0.612. The Morgan fingerprint density at radius 3 is 2.38 bits per heavy atom. The van der Waals surface area contributed by atoms with E-state index in [0.29, 0.717) is 0 Å². The van der Waals surface area contributed by atoms with Gasteiger partial charge < -0.3 is 5.73 Å². The molecule has 1 heteroatoms. The molecule has 3 aliphatic rings. The average Bonchev–Trinajstić information content (AvgIpc) is 2.77. The molecular formula is C12H19N. The largest absolute Gasteiger partial charge is 0.325 e. The van der Waals surface area contributed by atoms with Crippen molar-refractivity contribution in [2.75, 3.05) is 0 Å². The lowest BCUT2D eigenvalue weighted by molar-refractivity contribution is 0.238. The lowest BCUT2D eigenvalue weighted by atomic mass is 9.75. The maximum atomic E-state index is 6.52. The van der Waals surface area contributed by atoms with Crippen molar-refractivity contribution in [3.8, 4) is 0 Å². The van der Waals surface area contributed by atoms with Gasteiger partial charge in [-0.25, -0.2) is 0 Å². The van der Waals surface area contributed by atoms with Crippen molar-refractivity contribution in [2.24, 2.45) is 23.5 Å². The van der Waals surface area contributed by atoms with E-state index in [1.54, 1.807) is 0 Å². The third kappa shape index (κ3) is 1.10. The molecule has 1 nitrogen and oxygen atoms in total. The minimum atomic E-state index is 0.226. The summed E-state index contributed by atoms with van der Waals surface area (Å²) >= 11 is 0. The lowest BCUT2D eigenvalue weighted by Gasteiger charge is -2.35. The summed E-state index contributed by atoms with van der Waals surface area (Å²) in [6, 6.07) is 0. The van der Waals surface area contributed by atoms with E-state index < -0.39 is 0 Å². The molecule has 3 atom stereocenters. The molecule has 3 rings (SSSR count). The number of hydrogen-bond donors (Lipinski definition) is 1. The van der Waals surface area contributed by atoms with E-state index in [-0.39, 0.29) is 5.54 Å². The highest BCUT2D eigenvalue weighted by atomic mass is 14.8. The Hall–Kier alpha value is -0.300. The zero-order valence-corrected chi connectivity index (χ0v) is 8.21. The zero-order valence-electron chi connectivity index (χ0n) is 8.21. The fourth-order valence-corrected chi connectivity index (χ4v) is 3.85. The van der Waals surface area contributed by atoms with Crippen LogP contribution in [0.2, 0.25) is 0 Å². The number of hydrogen-bond acceptors (Lipinski definition) is 1. The smallest absolute Gasteiger partial charge is 0.0188 e. The van der Waals surface area contributed by atoms with Crippen LogP contribution in [0.15, 0.2) is 12.2 Å². The molecule has 3 aliphatic carbocycles. The van der Waals surface area contributed by atoms with Crippen LogP contribution in [0, 0.1) is 17.8 Å².